The van der Waals surface area contributed by atoms with Crippen LogP contribution in [0.2, 0.25) is 0 Å². The molecule has 23 heavy (non-hydrogen) atoms. The summed E-state index contributed by atoms with van der Waals surface area (Å²) >= 11 is 0. The number of hydrogen-bond donors (Lipinski definition) is 1. The summed E-state index contributed by atoms with van der Waals surface area (Å²) in [6, 6.07) is 12.2. The van der Waals surface area contributed by atoms with Gasteiger partial charge in [-0.3, -0.25) is 9.59 Å². The summed E-state index contributed by atoms with van der Waals surface area (Å²) in [7, 11) is 3.04. The van der Waals surface area contributed by atoms with Crippen molar-refractivity contribution >= 4 is 17.5 Å². The van der Waals surface area contributed by atoms with Crippen molar-refractivity contribution in [2.24, 2.45) is 0 Å². The van der Waals surface area contributed by atoms with E-state index in [1.54, 1.807) is 31.4 Å². The highest BCUT2D eigenvalue weighted by Crippen LogP contribution is 2.15. The van der Waals surface area contributed by atoms with E-state index in [0.29, 0.717) is 11.4 Å². The molecular weight excluding hydrogens is 299 g/mol. The van der Waals surface area contributed by atoms with Crippen LogP contribution >= 0.6 is 0 Å². The first-order valence-electron chi connectivity index (χ1n) is 6.94. The number of anilines is 1. The number of nitrogens with one attached hydrogen (secondary N) is 1. The van der Waals surface area contributed by atoms with Crippen molar-refractivity contribution in [3.63, 3.8) is 0 Å². The lowest BCUT2D eigenvalue weighted by Gasteiger charge is -2.17. The zero-order valence-electron chi connectivity index (χ0n) is 12.9. The Morgan fingerprint density at radius 1 is 1.17 bits per heavy atom. The molecule has 5 nitrogen and oxygen atoms in total. The molecule has 0 aliphatic carbocycles. The minimum absolute atomic E-state index is 0.138. The largest absolute Gasteiger partial charge is 0.497 e. The quantitative estimate of drug-likeness (QED) is 0.922. The number of methoxy groups -OCH3 is 1. The maximum absolute atomic E-state index is 13.1. The zero-order valence-corrected chi connectivity index (χ0v) is 12.9. The fourth-order valence-corrected chi connectivity index (χ4v) is 2.00. The monoisotopic (exact) mass is 316 g/mol. The molecule has 0 atom stereocenters. The van der Waals surface area contributed by atoms with Gasteiger partial charge in [0.25, 0.3) is 5.91 Å². The summed E-state index contributed by atoms with van der Waals surface area (Å²) < 4.78 is 18.2. The lowest BCUT2D eigenvalue weighted by Crippen LogP contribution is -2.34. The number of ether oxygens (including phenoxy) is 1. The molecule has 2 amide bonds. The predicted molar refractivity (Wildman–Crippen MR) is 85.0 cm³/mol. The van der Waals surface area contributed by atoms with E-state index in [0.717, 1.165) is 6.07 Å². The highest BCUT2D eigenvalue weighted by Gasteiger charge is 2.15. The van der Waals surface area contributed by atoms with E-state index in [4.69, 9.17) is 4.74 Å². The van der Waals surface area contributed by atoms with Crippen LogP contribution in [-0.2, 0) is 4.79 Å². The van der Waals surface area contributed by atoms with E-state index in [1.165, 1.54) is 30.1 Å². The molecule has 0 heterocycles. The van der Waals surface area contributed by atoms with Crippen molar-refractivity contribution in [1.82, 2.24) is 4.90 Å². The number of amides is 2. The molecule has 0 bridgehead atoms. The number of halogens is 1. The number of carbonyl (C=O) groups excluding carboxylic acids is 2. The standard InChI is InChI=1S/C17H17FN2O3/c1-20(17(22)12-4-3-5-13(18)10-12)11-16(21)19-14-6-8-15(23-2)9-7-14/h3-10H,11H2,1-2H3,(H,19,21). The van der Waals surface area contributed by atoms with Crippen molar-refractivity contribution in [3.05, 3.63) is 59.9 Å². The van der Waals surface area contributed by atoms with Gasteiger partial charge >= 0.3 is 0 Å². The average molecular weight is 316 g/mol. The Morgan fingerprint density at radius 3 is 2.48 bits per heavy atom. The molecule has 0 saturated carbocycles. The summed E-state index contributed by atoms with van der Waals surface area (Å²) in [5.41, 5.74) is 0.798. The molecule has 0 unspecified atom stereocenters. The van der Waals surface area contributed by atoms with E-state index in [1.807, 2.05) is 0 Å². The second-order valence-corrected chi connectivity index (χ2v) is 4.95. The minimum atomic E-state index is -0.494. The van der Waals surface area contributed by atoms with Crippen molar-refractivity contribution < 1.29 is 18.7 Å². The SMILES string of the molecule is COc1ccc(NC(=O)CN(C)C(=O)c2cccc(F)c2)cc1. The van der Waals surface area contributed by atoms with Gasteiger partial charge in [-0.15, -0.1) is 0 Å². The third-order valence-electron chi connectivity index (χ3n) is 3.17. The van der Waals surface area contributed by atoms with Crippen LogP contribution in [0.4, 0.5) is 10.1 Å². The molecule has 2 aromatic rings. The van der Waals surface area contributed by atoms with Crippen LogP contribution in [0.25, 0.3) is 0 Å². The van der Waals surface area contributed by atoms with Gasteiger partial charge in [0, 0.05) is 18.3 Å². The van der Waals surface area contributed by atoms with Crippen LogP contribution in [0.5, 0.6) is 5.75 Å². The Balaban J connectivity index is 1.94. The lowest BCUT2D eigenvalue weighted by atomic mass is 10.2. The van der Waals surface area contributed by atoms with Crippen LogP contribution in [0.3, 0.4) is 0 Å². The first-order valence-corrected chi connectivity index (χ1v) is 6.94. The molecule has 0 saturated heterocycles. The number of rotatable bonds is 5. The van der Waals surface area contributed by atoms with Gasteiger partial charge in [0.15, 0.2) is 0 Å². The summed E-state index contributed by atoms with van der Waals surface area (Å²) in [5.74, 6) is -0.579. The number of hydrogen-bond acceptors (Lipinski definition) is 3. The van der Waals surface area contributed by atoms with Gasteiger partial charge in [-0.25, -0.2) is 4.39 Å². The smallest absolute Gasteiger partial charge is 0.254 e. The Morgan fingerprint density at radius 2 is 1.87 bits per heavy atom. The summed E-state index contributed by atoms with van der Waals surface area (Å²) in [6.45, 7) is -0.138. The zero-order chi connectivity index (χ0) is 16.8. The number of likely N-dealkylation sites (N-methyl/N-ethyl adjacent to an activating group) is 1. The first kappa shape index (κ1) is 16.5. The Hall–Kier alpha value is -2.89. The van der Waals surface area contributed by atoms with Gasteiger partial charge in [-0.1, -0.05) is 6.07 Å². The van der Waals surface area contributed by atoms with Crippen molar-refractivity contribution in [2.75, 3.05) is 26.0 Å². The van der Waals surface area contributed by atoms with Gasteiger partial charge in [0.05, 0.1) is 13.7 Å². The Kier molecular flexibility index (Phi) is 5.30. The van der Waals surface area contributed by atoms with Crippen molar-refractivity contribution in [2.45, 2.75) is 0 Å². The molecule has 6 heteroatoms. The maximum Gasteiger partial charge on any atom is 0.254 e. The molecule has 0 aromatic heterocycles. The minimum Gasteiger partial charge on any atom is -0.497 e. The number of carbonyl (C=O) groups is 2. The highest BCUT2D eigenvalue weighted by molar-refractivity contribution is 5.99. The van der Waals surface area contributed by atoms with Crippen LogP contribution in [0.15, 0.2) is 48.5 Å². The summed E-state index contributed by atoms with van der Waals surface area (Å²) in [6.07, 6.45) is 0. The molecule has 2 rings (SSSR count). The lowest BCUT2D eigenvalue weighted by molar-refractivity contribution is -0.116. The topological polar surface area (TPSA) is 58.6 Å². The fourth-order valence-electron chi connectivity index (χ4n) is 2.00. The van der Waals surface area contributed by atoms with Crippen LogP contribution in [-0.4, -0.2) is 37.4 Å². The highest BCUT2D eigenvalue weighted by atomic mass is 19.1. The first-order chi connectivity index (χ1) is 11.0. The van der Waals surface area contributed by atoms with Gasteiger partial charge in [0.2, 0.25) is 5.91 Å². The third kappa shape index (κ3) is 4.54. The van der Waals surface area contributed by atoms with Gasteiger partial charge < -0.3 is 15.0 Å². The van der Waals surface area contributed by atoms with Crippen LogP contribution in [0.1, 0.15) is 10.4 Å². The number of nitrogens with zero attached hydrogens (tertiary/aromatic N) is 1. The van der Waals surface area contributed by atoms with E-state index in [2.05, 4.69) is 5.32 Å². The molecule has 0 aliphatic rings. The van der Waals surface area contributed by atoms with Crippen molar-refractivity contribution in [3.8, 4) is 5.75 Å². The van der Waals surface area contributed by atoms with Gasteiger partial charge in [-0.05, 0) is 42.5 Å². The molecular formula is C17H17FN2O3. The van der Waals surface area contributed by atoms with Crippen molar-refractivity contribution in [1.29, 1.82) is 0 Å². The Labute approximate surface area is 133 Å². The molecule has 2 aromatic carbocycles. The summed E-state index contributed by atoms with van der Waals surface area (Å²) in [5, 5.41) is 2.68. The molecule has 0 spiro atoms. The predicted octanol–water partition coefficient (Wildman–Crippen LogP) is 2.55. The maximum atomic E-state index is 13.1. The normalized spacial score (nSPS) is 10.0. The molecule has 1 N–H and O–H groups in total. The van der Waals surface area contributed by atoms with Crippen LogP contribution in [0, 0.1) is 5.82 Å². The fraction of sp³-hybridized carbons (Fsp3) is 0.176. The second kappa shape index (κ2) is 7.40. The van der Waals surface area contributed by atoms with Crippen LogP contribution < -0.4 is 10.1 Å². The molecule has 0 radical (unpaired) electrons. The molecule has 120 valence electrons. The average Bonchev–Trinajstić information content (AvgIpc) is 2.54. The van der Waals surface area contributed by atoms with E-state index >= 15 is 0 Å². The Bertz CT molecular complexity index is 701. The molecule has 0 aliphatic heterocycles. The van der Waals surface area contributed by atoms with Gasteiger partial charge in [0.1, 0.15) is 11.6 Å². The van der Waals surface area contributed by atoms with E-state index in [9.17, 15) is 14.0 Å². The molecule has 0 fully saturated rings. The van der Waals surface area contributed by atoms with E-state index < -0.39 is 11.7 Å². The second-order valence-electron chi connectivity index (χ2n) is 4.95. The summed E-state index contributed by atoms with van der Waals surface area (Å²) in [4.78, 5) is 25.3. The van der Waals surface area contributed by atoms with Gasteiger partial charge in [-0.2, -0.15) is 0 Å². The number of benzene rings is 2. The third-order valence-corrected chi connectivity index (χ3v) is 3.17. The van der Waals surface area contributed by atoms with E-state index in [-0.39, 0.29) is 18.0 Å².